The molecule has 0 radical (unpaired) electrons. The van der Waals surface area contributed by atoms with Crippen molar-refractivity contribution in [3.05, 3.63) is 107 Å². The van der Waals surface area contributed by atoms with E-state index in [1.54, 1.807) is 31.4 Å². The summed E-state index contributed by atoms with van der Waals surface area (Å²) in [7, 11) is 1.59. The third kappa shape index (κ3) is 3.52. The van der Waals surface area contributed by atoms with Gasteiger partial charge in [-0.3, -0.25) is 9.59 Å². The van der Waals surface area contributed by atoms with Gasteiger partial charge in [-0.05, 0) is 60.2 Å². The van der Waals surface area contributed by atoms with Gasteiger partial charge in [0.05, 0.1) is 18.4 Å². The number of methoxy groups -OCH3 is 1. The van der Waals surface area contributed by atoms with Gasteiger partial charge in [-0.2, -0.15) is 0 Å². The minimum atomic E-state index is -0.381. The molecule has 0 unspecified atom stereocenters. The number of nitrogens with one attached hydrogen (secondary N) is 1. The molecule has 1 heterocycles. The molecule has 1 aliphatic rings. The fourth-order valence-electron chi connectivity index (χ4n) is 4.31. The van der Waals surface area contributed by atoms with E-state index >= 15 is 0 Å². The van der Waals surface area contributed by atoms with Gasteiger partial charge < -0.3 is 10.1 Å². The van der Waals surface area contributed by atoms with Gasteiger partial charge in [0.15, 0.2) is 0 Å². The minimum absolute atomic E-state index is 0.261. The average molecular weight is 449 g/mol. The van der Waals surface area contributed by atoms with Gasteiger partial charge in [-0.15, -0.1) is 0 Å². The lowest BCUT2D eigenvalue weighted by Gasteiger charge is -2.18. The molecule has 34 heavy (non-hydrogen) atoms. The molecule has 0 spiro atoms. The monoisotopic (exact) mass is 448 g/mol. The Balaban J connectivity index is 1.67. The molecule has 0 saturated carbocycles. The first-order valence-corrected chi connectivity index (χ1v) is 11.1. The maximum absolute atomic E-state index is 13.8. The lowest BCUT2D eigenvalue weighted by molar-refractivity contribution is -0.120. The normalized spacial score (nSPS) is 13.7. The van der Waals surface area contributed by atoms with E-state index in [1.165, 1.54) is 4.90 Å². The molecule has 0 atom stereocenters. The first-order valence-electron chi connectivity index (χ1n) is 11.1. The van der Waals surface area contributed by atoms with E-state index in [2.05, 4.69) is 5.32 Å². The minimum Gasteiger partial charge on any atom is -0.497 e. The summed E-state index contributed by atoms with van der Waals surface area (Å²) in [6.07, 6.45) is 0. The first-order chi connectivity index (χ1) is 16.5. The number of hydrogen-bond donors (Lipinski definition) is 1. The van der Waals surface area contributed by atoms with Crippen LogP contribution >= 0.6 is 0 Å². The van der Waals surface area contributed by atoms with Gasteiger partial charge in [0.2, 0.25) is 0 Å². The van der Waals surface area contributed by atoms with Crippen LogP contribution < -0.4 is 15.0 Å². The summed E-state index contributed by atoms with van der Waals surface area (Å²) < 4.78 is 5.28. The van der Waals surface area contributed by atoms with Crippen molar-refractivity contribution in [1.29, 1.82) is 0 Å². The molecular weight excluding hydrogens is 424 g/mol. The molecule has 0 saturated heterocycles. The molecule has 1 N–H and O–H groups in total. The van der Waals surface area contributed by atoms with Crippen molar-refractivity contribution in [1.82, 2.24) is 0 Å². The van der Waals surface area contributed by atoms with Gasteiger partial charge in [0, 0.05) is 11.1 Å². The van der Waals surface area contributed by atoms with E-state index in [1.807, 2.05) is 74.5 Å². The summed E-state index contributed by atoms with van der Waals surface area (Å²) >= 11 is 0. The van der Waals surface area contributed by atoms with E-state index < -0.39 is 0 Å². The first kappa shape index (κ1) is 21.5. The van der Waals surface area contributed by atoms with Crippen LogP contribution in [0.2, 0.25) is 0 Å². The largest absolute Gasteiger partial charge is 0.497 e. The molecule has 0 fully saturated rings. The van der Waals surface area contributed by atoms with Crippen LogP contribution in [0.15, 0.2) is 90.6 Å². The van der Waals surface area contributed by atoms with Crippen molar-refractivity contribution in [3.8, 4) is 5.75 Å². The number of carbonyl (C=O) groups is 2. The number of carbonyl (C=O) groups excluding carboxylic acids is 2. The van der Waals surface area contributed by atoms with Crippen molar-refractivity contribution in [2.45, 2.75) is 13.8 Å². The Morgan fingerprint density at radius 2 is 1.47 bits per heavy atom. The Kier molecular flexibility index (Phi) is 5.38. The zero-order valence-corrected chi connectivity index (χ0v) is 19.3. The topological polar surface area (TPSA) is 58.6 Å². The molecule has 1 aliphatic heterocycles. The van der Waals surface area contributed by atoms with Crippen molar-refractivity contribution in [2.75, 3.05) is 17.3 Å². The van der Waals surface area contributed by atoms with Crippen LogP contribution in [-0.4, -0.2) is 18.9 Å². The van der Waals surface area contributed by atoms with Gasteiger partial charge in [0.25, 0.3) is 11.8 Å². The number of rotatable bonds is 5. The molecule has 168 valence electrons. The quantitative estimate of drug-likeness (QED) is 0.389. The predicted octanol–water partition coefficient (Wildman–Crippen LogP) is 5.86. The second-order valence-corrected chi connectivity index (χ2v) is 8.29. The highest BCUT2D eigenvalue weighted by molar-refractivity contribution is 6.47. The van der Waals surface area contributed by atoms with E-state index in [0.29, 0.717) is 22.6 Å². The maximum Gasteiger partial charge on any atom is 0.282 e. The van der Waals surface area contributed by atoms with Crippen molar-refractivity contribution in [2.24, 2.45) is 0 Å². The predicted molar refractivity (Wildman–Crippen MR) is 136 cm³/mol. The third-order valence-electron chi connectivity index (χ3n) is 6.33. The van der Waals surface area contributed by atoms with Crippen LogP contribution in [-0.2, 0) is 9.59 Å². The van der Waals surface area contributed by atoms with Crippen molar-refractivity contribution in [3.63, 3.8) is 0 Å². The Morgan fingerprint density at radius 3 is 2.24 bits per heavy atom. The number of nitrogens with zero attached hydrogens (tertiary/aromatic N) is 1. The summed E-state index contributed by atoms with van der Waals surface area (Å²) in [5.41, 5.74) is 4.72. The number of imide groups is 1. The second-order valence-electron chi connectivity index (χ2n) is 8.29. The Labute approximate surface area is 198 Å². The van der Waals surface area contributed by atoms with Gasteiger partial charge in [-0.25, -0.2) is 4.90 Å². The van der Waals surface area contributed by atoms with Crippen molar-refractivity contribution < 1.29 is 14.3 Å². The summed E-state index contributed by atoms with van der Waals surface area (Å²) in [5.74, 6) is -0.0662. The fourth-order valence-corrected chi connectivity index (χ4v) is 4.31. The molecule has 0 aliphatic carbocycles. The SMILES string of the molecule is COc1ccc(C2=C(Nc3cccc(C)c3C)C(=O)N(c3cccc4ccccc34)C2=O)cc1. The highest BCUT2D eigenvalue weighted by Crippen LogP contribution is 2.37. The third-order valence-corrected chi connectivity index (χ3v) is 6.33. The highest BCUT2D eigenvalue weighted by Gasteiger charge is 2.41. The number of hydrogen-bond acceptors (Lipinski definition) is 4. The number of fused-ring (bicyclic) bond motifs is 1. The fraction of sp³-hybridized carbons (Fsp3) is 0.103. The molecule has 4 aromatic carbocycles. The summed E-state index contributed by atoms with van der Waals surface area (Å²) in [5, 5.41) is 5.09. The lowest BCUT2D eigenvalue weighted by Crippen LogP contribution is -2.32. The molecule has 5 heteroatoms. The van der Waals surface area contributed by atoms with Crippen molar-refractivity contribution >= 4 is 39.5 Å². The molecule has 2 amide bonds. The van der Waals surface area contributed by atoms with Crippen LogP contribution in [0.25, 0.3) is 16.3 Å². The molecule has 5 rings (SSSR count). The van der Waals surface area contributed by atoms with Crippen LogP contribution in [0.3, 0.4) is 0 Å². The zero-order chi connectivity index (χ0) is 23.8. The lowest BCUT2D eigenvalue weighted by atomic mass is 10.0. The van der Waals surface area contributed by atoms with Crippen LogP contribution in [0.5, 0.6) is 5.75 Å². The molecule has 5 nitrogen and oxygen atoms in total. The van der Waals surface area contributed by atoms with E-state index in [0.717, 1.165) is 27.6 Å². The summed E-state index contributed by atoms with van der Waals surface area (Å²) in [4.78, 5) is 28.9. The second kappa shape index (κ2) is 8.52. The number of amides is 2. The van der Waals surface area contributed by atoms with Gasteiger partial charge >= 0.3 is 0 Å². The average Bonchev–Trinajstić information content (AvgIpc) is 3.10. The number of ether oxygens (including phenoxy) is 1. The van der Waals surface area contributed by atoms with Crippen LogP contribution in [0, 0.1) is 13.8 Å². The molecule has 0 aromatic heterocycles. The zero-order valence-electron chi connectivity index (χ0n) is 19.3. The van der Waals surface area contributed by atoms with Crippen LogP contribution in [0.1, 0.15) is 16.7 Å². The van der Waals surface area contributed by atoms with Gasteiger partial charge in [0.1, 0.15) is 11.4 Å². The molecule has 0 bridgehead atoms. The maximum atomic E-state index is 13.8. The van der Waals surface area contributed by atoms with Gasteiger partial charge in [-0.1, -0.05) is 60.7 Å². The Hall–Kier alpha value is -4.38. The van der Waals surface area contributed by atoms with Crippen LogP contribution in [0.4, 0.5) is 11.4 Å². The van der Waals surface area contributed by atoms with E-state index in [-0.39, 0.29) is 17.5 Å². The Bertz CT molecular complexity index is 1460. The van der Waals surface area contributed by atoms with E-state index in [9.17, 15) is 9.59 Å². The summed E-state index contributed by atoms with van der Waals surface area (Å²) in [6.45, 7) is 4.01. The van der Waals surface area contributed by atoms with E-state index in [4.69, 9.17) is 4.74 Å². The number of aryl methyl sites for hydroxylation is 1. The highest BCUT2D eigenvalue weighted by atomic mass is 16.5. The standard InChI is InChI=1S/C29H24N2O3/c1-18-8-6-12-24(19(18)2)30-27-26(21-14-16-22(34-3)17-15-21)28(32)31(29(27)33)25-13-7-10-20-9-4-5-11-23(20)25/h4-17,30H,1-3H3. The molecular formula is C29H24N2O3. The Morgan fingerprint density at radius 1 is 0.765 bits per heavy atom. The number of anilines is 2. The number of benzene rings is 4. The summed E-state index contributed by atoms with van der Waals surface area (Å²) in [6, 6.07) is 26.4. The molecule has 4 aromatic rings. The smallest absolute Gasteiger partial charge is 0.282 e.